The van der Waals surface area contributed by atoms with Crippen molar-refractivity contribution in [2.24, 2.45) is 11.8 Å². The van der Waals surface area contributed by atoms with Crippen LogP contribution in [0.15, 0.2) is 18.2 Å². The summed E-state index contributed by atoms with van der Waals surface area (Å²) in [6, 6.07) is 5.23. The van der Waals surface area contributed by atoms with Crippen LogP contribution in [0.3, 0.4) is 0 Å². The zero-order chi connectivity index (χ0) is 25.2. The monoisotopic (exact) mass is 497 g/mol. The fourth-order valence-electron chi connectivity index (χ4n) is 6.28. The molecule has 0 aromatic heterocycles. The Morgan fingerprint density at radius 3 is 2.78 bits per heavy atom. The molecule has 0 radical (unpaired) electrons. The van der Waals surface area contributed by atoms with Gasteiger partial charge in [-0.25, -0.2) is 0 Å². The molecular formula is C27H35N3O6. The number of hydrogen-bond donors (Lipinski definition) is 1. The number of benzene rings is 1. The number of carbonyl (C=O) groups excluding carboxylic acids is 4. The second kappa shape index (κ2) is 10.6. The molecule has 0 spiro atoms. The Labute approximate surface area is 211 Å². The number of esters is 1. The fourth-order valence-corrected chi connectivity index (χ4v) is 6.28. The first-order chi connectivity index (χ1) is 17.4. The molecule has 194 valence electrons. The highest BCUT2D eigenvalue weighted by molar-refractivity contribution is 6.05. The van der Waals surface area contributed by atoms with E-state index in [4.69, 9.17) is 9.47 Å². The fraction of sp³-hybridized carbons (Fsp3) is 0.630. The summed E-state index contributed by atoms with van der Waals surface area (Å²) in [7, 11) is 1.47. The van der Waals surface area contributed by atoms with E-state index in [1.54, 1.807) is 11.0 Å². The number of imide groups is 1. The van der Waals surface area contributed by atoms with E-state index in [9.17, 15) is 19.2 Å². The molecular weight excluding hydrogens is 462 g/mol. The quantitative estimate of drug-likeness (QED) is 0.455. The maximum Gasteiger partial charge on any atom is 0.308 e. The van der Waals surface area contributed by atoms with Crippen LogP contribution in [-0.4, -0.2) is 72.4 Å². The maximum absolute atomic E-state index is 12.9. The molecule has 1 aliphatic carbocycles. The molecule has 3 aliphatic heterocycles. The van der Waals surface area contributed by atoms with Crippen molar-refractivity contribution in [3.05, 3.63) is 29.3 Å². The highest BCUT2D eigenvalue weighted by atomic mass is 16.5. The topological polar surface area (TPSA) is 105 Å². The van der Waals surface area contributed by atoms with Crippen molar-refractivity contribution in [1.82, 2.24) is 15.1 Å². The van der Waals surface area contributed by atoms with E-state index in [2.05, 4.69) is 10.2 Å². The minimum atomic E-state index is -0.614. The summed E-state index contributed by atoms with van der Waals surface area (Å²) in [4.78, 5) is 52.7. The van der Waals surface area contributed by atoms with Crippen LogP contribution in [0, 0.1) is 11.8 Å². The van der Waals surface area contributed by atoms with Gasteiger partial charge in [0.05, 0.1) is 13.0 Å². The number of carbonyl (C=O) groups is 4. The van der Waals surface area contributed by atoms with Gasteiger partial charge in [-0.15, -0.1) is 0 Å². The SMILES string of the molecule is COC(=O)[C@@H]1CC[C@H](CN2CCCC[C@@H]2COc2ccc3c(c2)CN(C2CCC(=O)NC2=O)C3=O)C1. The number of nitrogens with one attached hydrogen (secondary N) is 1. The lowest BCUT2D eigenvalue weighted by atomic mass is 9.98. The molecule has 5 rings (SSSR count). The van der Waals surface area contributed by atoms with Crippen LogP contribution in [0.4, 0.5) is 0 Å². The van der Waals surface area contributed by atoms with E-state index in [1.807, 2.05) is 12.1 Å². The third-order valence-electron chi connectivity index (χ3n) is 8.25. The summed E-state index contributed by atoms with van der Waals surface area (Å²) < 4.78 is 11.2. The summed E-state index contributed by atoms with van der Waals surface area (Å²) in [5.74, 6) is 0.329. The number of likely N-dealkylation sites (tertiary alicyclic amines) is 1. The summed E-state index contributed by atoms with van der Waals surface area (Å²) in [5.41, 5.74) is 1.44. The Bertz CT molecular complexity index is 1040. The highest BCUT2D eigenvalue weighted by Crippen LogP contribution is 2.34. The molecule has 9 nitrogen and oxygen atoms in total. The van der Waals surface area contributed by atoms with Gasteiger partial charge in [-0.05, 0) is 74.8 Å². The molecule has 36 heavy (non-hydrogen) atoms. The van der Waals surface area contributed by atoms with Crippen molar-refractivity contribution in [3.63, 3.8) is 0 Å². The largest absolute Gasteiger partial charge is 0.492 e. The molecule has 1 saturated carbocycles. The van der Waals surface area contributed by atoms with E-state index in [0.717, 1.165) is 50.1 Å². The Kier molecular flexibility index (Phi) is 7.27. The minimum absolute atomic E-state index is 0.0355. The van der Waals surface area contributed by atoms with E-state index in [0.29, 0.717) is 37.1 Å². The minimum Gasteiger partial charge on any atom is -0.492 e. The van der Waals surface area contributed by atoms with Gasteiger partial charge in [0.1, 0.15) is 18.4 Å². The van der Waals surface area contributed by atoms with Crippen molar-refractivity contribution < 1.29 is 28.7 Å². The number of amides is 3. The van der Waals surface area contributed by atoms with Crippen molar-refractivity contribution in [2.45, 2.75) is 70.0 Å². The number of piperidine rings is 2. The lowest BCUT2D eigenvalue weighted by molar-refractivity contribution is -0.145. The number of nitrogens with zero attached hydrogens (tertiary/aromatic N) is 2. The van der Waals surface area contributed by atoms with Gasteiger partial charge >= 0.3 is 5.97 Å². The lowest BCUT2D eigenvalue weighted by Gasteiger charge is -2.37. The zero-order valence-electron chi connectivity index (χ0n) is 20.9. The molecule has 3 fully saturated rings. The number of rotatable bonds is 7. The van der Waals surface area contributed by atoms with Crippen molar-refractivity contribution in [1.29, 1.82) is 0 Å². The Morgan fingerprint density at radius 2 is 1.97 bits per heavy atom. The molecule has 1 N–H and O–H groups in total. The van der Waals surface area contributed by atoms with Gasteiger partial charge in [0.15, 0.2) is 0 Å². The van der Waals surface area contributed by atoms with Crippen molar-refractivity contribution in [3.8, 4) is 5.75 Å². The van der Waals surface area contributed by atoms with Crippen LogP contribution < -0.4 is 10.1 Å². The van der Waals surface area contributed by atoms with Crippen LogP contribution in [0.25, 0.3) is 0 Å². The molecule has 9 heteroatoms. The number of hydrogen-bond acceptors (Lipinski definition) is 7. The zero-order valence-corrected chi connectivity index (χ0v) is 20.9. The Hall–Kier alpha value is -2.94. The van der Waals surface area contributed by atoms with Gasteiger partial charge in [0.2, 0.25) is 11.8 Å². The third-order valence-corrected chi connectivity index (χ3v) is 8.25. The van der Waals surface area contributed by atoms with E-state index >= 15 is 0 Å². The average Bonchev–Trinajstić information content (AvgIpc) is 3.47. The number of fused-ring (bicyclic) bond motifs is 1. The molecule has 0 bridgehead atoms. The molecule has 4 aliphatic rings. The predicted octanol–water partition coefficient (Wildman–Crippen LogP) is 2.27. The first-order valence-electron chi connectivity index (χ1n) is 13.1. The standard InChI is InChI=1S/C27H35N3O6/c1-35-27(34)18-6-5-17(12-18)14-29-11-3-2-4-20(29)16-36-21-7-8-22-19(13-21)15-30(26(22)33)23-9-10-24(31)28-25(23)32/h7-8,13,17-18,20,23H,2-6,9-12,14-16H2,1H3,(H,28,31,32)/t17-,18+,20+,23?/m0/s1. The molecule has 1 unspecified atom stereocenters. The maximum atomic E-state index is 12.9. The normalized spacial score (nSPS) is 28.7. The highest BCUT2D eigenvalue weighted by Gasteiger charge is 2.39. The van der Waals surface area contributed by atoms with Gasteiger partial charge in [0.25, 0.3) is 5.91 Å². The van der Waals surface area contributed by atoms with Crippen LogP contribution >= 0.6 is 0 Å². The first kappa shape index (κ1) is 24.7. The average molecular weight is 498 g/mol. The van der Waals surface area contributed by atoms with Crippen LogP contribution in [0.2, 0.25) is 0 Å². The smallest absolute Gasteiger partial charge is 0.308 e. The second-order valence-electron chi connectivity index (χ2n) is 10.6. The predicted molar refractivity (Wildman–Crippen MR) is 130 cm³/mol. The van der Waals surface area contributed by atoms with E-state index in [1.165, 1.54) is 20.0 Å². The molecule has 3 amide bonds. The summed E-state index contributed by atoms with van der Waals surface area (Å²) >= 11 is 0. The van der Waals surface area contributed by atoms with Crippen LogP contribution in [0.5, 0.6) is 5.75 Å². The molecule has 1 aromatic carbocycles. The van der Waals surface area contributed by atoms with Gasteiger partial charge < -0.3 is 14.4 Å². The van der Waals surface area contributed by atoms with Gasteiger partial charge in [-0.3, -0.25) is 29.4 Å². The van der Waals surface area contributed by atoms with Crippen molar-refractivity contribution >= 4 is 23.7 Å². The Morgan fingerprint density at radius 1 is 1.11 bits per heavy atom. The molecule has 1 aromatic rings. The van der Waals surface area contributed by atoms with Gasteiger partial charge in [0, 0.05) is 31.1 Å². The second-order valence-corrected chi connectivity index (χ2v) is 10.6. The van der Waals surface area contributed by atoms with Gasteiger partial charge in [-0.1, -0.05) is 6.42 Å². The van der Waals surface area contributed by atoms with E-state index < -0.39 is 11.9 Å². The molecule has 2 saturated heterocycles. The van der Waals surface area contributed by atoms with Gasteiger partial charge in [-0.2, -0.15) is 0 Å². The van der Waals surface area contributed by atoms with E-state index in [-0.39, 0.29) is 30.1 Å². The van der Waals surface area contributed by atoms with Crippen LogP contribution in [-0.2, 0) is 25.7 Å². The summed E-state index contributed by atoms with van der Waals surface area (Å²) in [6.45, 7) is 2.96. The number of methoxy groups -OCH3 is 1. The summed E-state index contributed by atoms with van der Waals surface area (Å²) in [5, 5.41) is 2.34. The Balaban J connectivity index is 1.18. The third kappa shape index (κ3) is 5.12. The lowest BCUT2D eigenvalue weighted by Crippen LogP contribution is -2.52. The van der Waals surface area contributed by atoms with Crippen molar-refractivity contribution in [2.75, 3.05) is 26.8 Å². The number of ether oxygens (including phenoxy) is 2. The molecule has 3 heterocycles. The first-order valence-corrected chi connectivity index (χ1v) is 13.1. The van der Waals surface area contributed by atoms with Crippen LogP contribution in [0.1, 0.15) is 67.3 Å². The summed E-state index contributed by atoms with van der Waals surface area (Å²) in [6.07, 6.45) is 6.92. The molecule has 4 atom stereocenters.